The number of ether oxygens (including phenoxy) is 1. The van der Waals surface area contributed by atoms with Crippen LogP contribution in [0.1, 0.15) is 29.8 Å². The number of hydrogen-bond donors (Lipinski definition) is 1. The summed E-state index contributed by atoms with van der Waals surface area (Å²) < 4.78 is 4.92. The van der Waals surface area contributed by atoms with Crippen molar-refractivity contribution in [3.05, 3.63) is 21.9 Å². The van der Waals surface area contributed by atoms with Crippen molar-refractivity contribution in [3.63, 3.8) is 0 Å². The van der Waals surface area contributed by atoms with Crippen LogP contribution in [0.4, 0.5) is 0 Å². The second-order valence-electron chi connectivity index (χ2n) is 5.87. The highest BCUT2D eigenvalue weighted by molar-refractivity contribution is 7.10. The van der Waals surface area contributed by atoms with E-state index in [1.54, 1.807) is 18.4 Å². The number of hydrogen-bond acceptors (Lipinski definition) is 5. The summed E-state index contributed by atoms with van der Waals surface area (Å²) in [6.07, 6.45) is 1.33. The van der Waals surface area contributed by atoms with Crippen molar-refractivity contribution in [2.75, 3.05) is 40.4 Å². The third-order valence-corrected chi connectivity index (χ3v) is 5.09. The minimum absolute atomic E-state index is 0.135. The molecule has 1 aliphatic rings. The summed E-state index contributed by atoms with van der Waals surface area (Å²) in [5.74, 6) is 0.135. The lowest BCUT2D eigenvalue weighted by atomic mass is 9.97. The number of amides is 1. The molecular formula is C16H26N2O3S. The molecule has 124 valence electrons. The molecule has 0 fully saturated rings. The van der Waals surface area contributed by atoms with Crippen molar-refractivity contribution >= 4 is 17.2 Å². The van der Waals surface area contributed by atoms with Crippen LogP contribution >= 0.6 is 11.3 Å². The predicted molar refractivity (Wildman–Crippen MR) is 88.1 cm³/mol. The number of nitrogens with zero attached hydrogens (tertiary/aromatic N) is 2. The van der Waals surface area contributed by atoms with Crippen LogP contribution in [0.5, 0.6) is 0 Å². The first-order valence-corrected chi connectivity index (χ1v) is 8.66. The normalized spacial score (nSPS) is 19.3. The summed E-state index contributed by atoms with van der Waals surface area (Å²) in [5, 5.41) is 11.9. The molecule has 1 amide bonds. The summed E-state index contributed by atoms with van der Waals surface area (Å²) >= 11 is 1.79. The Balaban J connectivity index is 1.95. The number of methoxy groups -OCH3 is 1. The minimum Gasteiger partial charge on any atom is -0.389 e. The highest BCUT2D eigenvalue weighted by atomic mass is 32.1. The summed E-state index contributed by atoms with van der Waals surface area (Å²) in [6.45, 7) is 3.98. The molecular weight excluding hydrogens is 300 g/mol. The second kappa shape index (κ2) is 8.06. The number of rotatable bonds is 7. The predicted octanol–water partition coefficient (Wildman–Crippen LogP) is 1.52. The van der Waals surface area contributed by atoms with Gasteiger partial charge in [0.25, 0.3) is 0 Å². The Morgan fingerprint density at radius 2 is 2.41 bits per heavy atom. The molecule has 1 aliphatic heterocycles. The molecule has 0 saturated heterocycles. The maximum absolute atomic E-state index is 12.6. The van der Waals surface area contributed by atoms with E-state index in [2.05, 4.69) is 18.4 Å². The van der Waals surface area contributed by atoms with Gasteiger partial charge in [-0.1, -0.05) is 6.92 Å². The van der Waals surface area contributed by atoms with E-state index in [1.165, 1.54) is 10.4 Å². The van der Waals surface area contributed by atoms with E-state index in [0.717, 1.165) is 19.4 Å². The van der Waals surface area contributed by atoms with Gasteiger partial charge in [0.2, 0.25) is 5.91 Å². The molecule has 2 unspecified atom stereocenters. The molecule has 5 nitrogen and oxygen atoms in total. The van der Waals surface area contributed by atoms with Gasteiger partial charge in [-0.15, -0.1) is 11.3 Å². The van der Waals surface area contributed by atoms with Crippen molar-refractivity contribution < 1.29 is 14.6 Å². The summed E-state index contributed by atoms with van der Waals surface area (Å²) in [5.41, 5.74) is 1.31. The Labute approximate surface area is 136 Å². The molecule has 2 rings (SSSR count). The zero-order chi connectivity index (χ0) is 16.1. The van der Waals surface area contributed by atoms with Crippen molar-refractivity contribution in [2.45, 2.75) is 31.9 Å². The van der Waals surface area contributed by atoms with E-state index in [1.807, 2.05) is 16.8 Å². The fraction of sp³-hybridized carbons (Fsp3) is 0.688. The Morgan fingerprint density at radius 1 is 1.64 bits per heavy atom. The summed E-state index contributed by atoms with van der Waals surface area (Å²) in [4.78, 5) is 17.9. The van der Waals surface area contributed by atoms with Crippen LogP contribution in [-0.4, -0.2) is 67.3 Å². The Hall–Kier alpha value is -0.950. The number of aliphatic hydroxyl groups is 1. The van der Waals surface area contributed by atoms with Crippen molar-refractivity contribution in [3.8, 4) is 0 Å². The van der Waals surface area contributed by atoms with E-state index in [9.17, 15) is 9.90 Å². The monoisotopic (exact) mass is 326 g/mol. The Kier molecular flexibility index (Phi) is 6.37. The molecule has 22 heavy (non-hydrogen) atoms. The van der Waals surface area contributed by atoms with Gasteiger partial charge in [-0.25, -0.2) is 0 Å². The average molecular weight is 326 g/mol. The van der Waals surface area contributed by atoms with Crippen LogP contribution in [0.25, 0.3) is 0 Å². The molecule has 1 N–H and O–H groups in total. The third kappa shape index (κ3) is 4.07. The first-order chi connectivity index (χ1) is 10.6. The third-order valence-electron chi connectivity index (χ3n) is 4.09. The molecule has 0 bridgehead atoms. The molecule has 0 aromatic carbocycles. The quantitative estimate of drug-likeness (QED) is 0.825. The Morgan fingerprint density at radius 3 is 3.09 bits per heavy atom. The molecule has 6 heteroatoms. The zero-order valence-electron chi connectivity index (χ0n) is 13.6. The molecule has 0 aliphatic carbocycles. The van der Waals surface area contributed by atoms with Crippen molar-refractivity contribution in [1.82, 2.24) is 9.80 Å². The first kappa shape index (κ1) is 17.4. The van der Waals surface area contributed by atoms with Gasteiger partial charge in [-0.2, -0.15) is 0 Å². The van der Waals surface area contributed by atoms with Crippen LogP contribution in [0.2, 0.25) is 0 Å². The molecule has 0 saturated carbocycles. The van der Waals surface area contributed by atoms with Crippen LogP contribution in [-0.2, 0) is 16.0 Å². The molecule has 1 aromatic rings. The fourth-order valence-corrected chi connectivity index (χ4v) is 4.05. The molecule has 2 heterocycles. The van der Waals surface area contributed by atoms with E-state index in [0.29, 0.717) is 13.1 Å². The molecule has 1 aromatic heterocycles. The van der Waals surface area contributed by atoms with Crippen LogP contribution in [0, 0.1) is 0 Å². The van der Waals surface area contributed by atoms with E-state index >= 15 is 0 Å². The summed E-state index contributed by atoms with van der Waals surface area (Å²) in [6, 6.07) is 2.35. The molecule has 0 spiro atoms. The Bertz CT molecular complexity index is 491. The van der Waals surface area contributed by atoms with Crippen molar-refractivity contribution in [2.24, 2.45) is 0 Å². The van der Waals surface area contributed by atoms with E-state index in [-0.39, 0.29) is 18.6 Å². The molecule has 0 radical (unpaired) electrons. The highest BCUT2D eigenvalue weighted by Gasteiger charge is 2.30. The number of aliphatic hydroxyl groups excluding tert-OH is 1. The zero-order valence-corrected chi connectivity index (χ0v) is 14.4. The van der Waals surface area contributed by atoms with Crippen LogP contribution in [0.3, 0.4) is 0 Å². The summed E-state index contributed by atoms with van der Waals surface area (Å²) in [7, 11) is 3.42. The SMILES string of the molecule is CCC1c2ccsc2CCN1C(=O)CN(C)CC(O)COC. The number of carbonyl (C=O) groups is 1. The standard InChI is InChI=1S/C16H26N2O3S/c1-4-14-13-6-8-22-15(13)5-7-18(14)16(20)10-17(2)9-12(19)11-21-3/h6,8,12,14,19H,4-5,7,9-11H2,1-3H3. The topological polar surface area (TPSA) is 53.0 Å². The second-order valence-corrected chi connectivity index (χ2v) is 6.87. The smallest absolute Gasteiger partial charge is 0.237 e. The van der Waals surface area contributed by atoms with Crippen molar-refractivity contribution in [1.29, 1.82) is 0 Å². The van der Waals surface area contributed by atoms with E-state index in [4.69, 9.17) is 4.74 Å². The lowest BCUT2D eigenvalue weighted by Gasteiger charge is -2.36. The maximum atomic E-state index is 12.6. The number of fused-ring (bicyclic) bond motifs is 1. The van der Waals surface area contributed by atoms with Gasteiger partial charge in [0.05, 0.1) is 25.3 Å². The van der Waals surface area contributed by atoms with Gasteiger partial charge in [0, 0.05) is 25.1 Å². The van der Waals surface area contributed by atoms with Crippen LogP contribution in [0.15, 0.2) is 11.4 Å². The minimum atomic E-state index is -0.561. The van der Waals surface area contributed by atoms with Gasteiger partial charge in [0.1, 0.15) is 0 Å². The van der Waals surface area contributed by atoms with Gasteiger partial charge >= 0.3 is 0 Å². The highest BCUT2D eigenvalue weighted by Crippen LogP contribution is 2.35. The van der Waals surface area contributed by atoms with E-state index < -0.39 is 6.10 Å². The van der Waals surface area contributed by atoms with Crippen LogP contribution < -0.4 is 0 Å². The largest absolute Gasteiger partial charge is 0.389 e. The van der Waals surface area contributed by atoms with Gasteiger partial charge in [0.15, 0.2) is 0 Å². The van der Waals surface area contributed by atoms with Gasteiger partial charge in [-0.3, -0.25) is 9.69 Å². The lowest BCUT2D eigenvalue weighted by Crippen LogP contribution is -2.45. The number of likely N-dealkylation sites (N-methyl/N-ethyl adjacent to an activating group) is 1. The number of thiophene rings is 1. The van der Waals surface area contributed by atoms with Gasteiger partial charge in [-0.05, 0) is 36.9 Å². The molecule has 2 atom stereocenters. The fourth-order valence-electron chi connectivity index (χ4n) is 3.13. The number of carbonyl (C=O) groups excluding carboxylic acids is 1. The van der Waals surface area contributed by atoms with Gasteiger partial charge < -0.3 is 14.7 Å². The lowest BCUT2D eigenvalue weighted by molar-refractivity contribution is -0.135. The average Bonchev–Trinajstić information content (AvgIpc) is 2.94. The maximum Gasteiger partial charge on any atom is 0.237 e. The first-order valence-electron chi connectivity index (χ1n) is 7.78.